The number of carbonyl (C=O) groups is 1. The topological polar surface area (TPSA) is 41.6 Å². The molecule has 1 aromatic rings. The van der Waals surface area contributed by atoms with E-state index in [0.29, 0.717) is 26.2 Å². The SMILES string of the molecule is CCCN(CCNCc1cc(F)ccc1Br)C(=O)OC(C)(C)C. The molecular formula is C17H26BrFN2O2. The first-order valence-electron chi connectivity index (χ1n) is 7.85. The Morgan fingerprint density at radius 2 is 2.04 bits per heavy atom. The van der Waals surface area contributed by atoms with Crippen molar-refractivity contribution in [2.45, 2.75) is 46.3 Å². The number of nitrogens with one attached hydrogen (secondary N) is 1. The molecule has 0 saturated heterocycles. The van der Waals surface area contributed by atoms with Gasteiger partial charge in [0.1, 0.15) is 11.4 Å². The van der Waals surface area contributed by atoms with Crippen molar-refractivity contribution in [2.75, 3.05) is 19.6 Å². The number of hydrogen-bond donors (Lipinski definition) is 1. The highest BCUT2D eigenvalue weighted by Gasteiger charge is 2.21. The maximum absolute atomic E-state index is 13.2. The third-order valence-corrected chi connectivity index (χ3v) is 3.80. The van der Waals surface area contributed by atoms with E-state index in [-0.39, 0.29) is 11.9 Å². The number of ether oxygens (including phenoxy) is 1. The molecular weight excluding hydrogens is 363 g/mol. The van der Waals surface area contributed by atoms with Crippen LogP contribution in [0.5, 0.6) is 0 Å². The molecule has 0 fully saturated rings. The number of benzene rings is 1. The number of amides is 1. The van der Waals surface area contributed by atoms with Gasteiger partial charge in [0.15, 0.2) is 0 Å². The molecule has 6 heteroatoms. The van der Waals surface area contributed by atoms with E-state index < -0.39 is 5.60 Å². The Morgan fingerprint density at radius 3 is 2.65 bits per heavy atom. The van der Waals surface area contributed by atoms with E-state index in [4.69, 9.17) is 4.74 Å². The second kappa shape index (κ2) is 9.23. The number of hydrogen-bond acceptors (Lipinski definition) is 3. The minimum atomic E-state index is -0.497. The molecule has 0 radical (unpaired) electrons. The summed E-state index contributed by atoms with van der Waals surface area (Å²) in [4.78, 5) is 13.8. The first kappa shape index (κ1) is 19.9. The molecule has 1 N–H and O–H groups in total. The molecule has 1 aromatic carbocycles. The van der Waals surface area contributed by atoms with Gasteiger partial charge in [-0.25, -0.2) is 9.18 Å². The van der Waals surface area contributed by atoms with Crippen LogP contribution in [0, 0.1) is 5.82 Å². The Balaban J connectivity index is 2.46. The van der Waals surface area contributed by atoms with Crippen LogP contribution in [0.4, 0.5) is 9.18 Å². The first-order valence-corrected chi connectivity index (χ1v) is 8.65. The van der Waals surface area contributed by atoms with Gasteiger partial charge in [0.2, 0.25) is 0 Å². The Labute approximate surface area is 146 Å². The van der Waals surface area contributed by atoms with Crippen molar-refractivity contribution >= 4 is 22.0 Å². The van der Waals surface area contributed by atoms with E-state index in [9.17, 15) is 9.18 Å². The van der Waals surface area contributed by atoms with Crippen molar-refractivity contribution in [1.29, 1.82) is 0 Å². The van der Waals surface area contributed by atoms with E-state index in [2.05, 4.69) is 21.2 Å². The maximum Gasteiger partial charge on any atom is 0.410 e. The Bertz CT molecular complexity index is 518. The van der Waals surface area contributed by atoms with E-state index in [1.54, 1.807) is 11.0 Å². The van der Waals surface area contributed by atoms with Crippen molar-refractivity contribution in [1.82, 2.24) is 10.2 Å². The molecule has 0 unspecified atom stereocenters. The molecule has 0 bridgehead atoms. The molecule has 0 spiro atoms. The van der Waals surface area contributed by atoms with Crippen LogP contribution in [0.2, 0.25) is 0 Å². The lowest BCUT2D eigenvalue weighted by Gasteiger charge is -2.27. The fraction of sp³-hybridized carbons (Fsp3) is 0.588. The highest BCUT2D eigenvalue weighted by atomic mass is 79.9. The summed E-state index contributed by atoms with van der Waals surface area (Å²) < 4.78 is 19.5. The van der Waals surface area contributed by atoms with Crippen LogP contribution >= 0.6 is 15.9 Å². The van der Waals surface area contributed by atoms with Crippen molar-refractivity contribution < 1.29 is 13.9 Å². The van der Waals surface area contributed by atoms with Crippen molar-refractivity contribution in [3.05, 3.63) is 34.1 Å². The van der Waals surface area contributed by atoms with E-state index in [1.165, 1.54) is 12.1 Å². The molecule has 0 aliphatic heterocycles. The highest BCUT2D eigenvalue weighted by Crippen LogP contribution is 2.17. The summed E-state index contributed by atoms with van der Waals surface area (Å²) in [6.07, 6.45) is 0.572. The average molecular weight is 389 g/mol. The third kappa shape index (κ3) is 7.79. The quantitative estimate of drug-likeness (QED) is 0.706. The van der Waals surface area contributed by atoms with Gasteiger partial charge in [-0.15, -0.1) is 0 Å². The van der Waals surface area contributed by atoms with E-state index >= 15 is 0 Å². The Morgan fingerprint density at radius 1 is 1.35 bits per heavy atom. The third-order valence-electron chi connectivity index (χ3n) is 3.03. The lowest BCUT2D eigenvalue weighted by atomic mass is 10.2. The van der Waals surface area contributed by atoms with Crippen LogP contribution in [0.3, 0.4) is 0 Å². The monoisotopic (exact) mass is 388 g/mol. The molecule has 0 aliphatic rings. The fourth-order valence-electron chi connectivity index (χ4n) is 2.01. The molecule has 0 aromatic heterocycles. The minimum Gasteiger partial charge on any atom is -0.444 e. The van der Waals surface area contributed by atoms with Gasteiger partial charge < -0.3 is 15.0 Å². The summed E-state index contributed by atoms with van der Waals surface area (Å²) in [6.45, 7) is 9.94. The van der Waals surface area contributed by atoms with Gasteiger partial charge in [0.05, 0.1) is 0 Å². The van der Waals surface area contributed by atoms with Crippen molar-refractivity contribution in [3.8, 4) is 0 Å². The zero-order valence-electron chi connectivity index (χ0n) is 14.3. The lowest BCUT2D eigenvalue weighted by Crippen LogP contribution is -2.40. The molecule has 130 valence electrons. The van der Waals surface area contributed by atoms with Crippen molar-refractivity contribution in [3.63, 3.8) is 0 Å². The lowest BCUT2D eigenvalue weighted by molar-refractivity contribution is 0.0252. The maximum atomic E-state index is 13.2. The normalized spacial score (nSPS) is 11.4. The van der Waals surface area contributed by atoms with Gasteiger partial charge in [-0.3, -0.25) is 0 Å². The zero-order valence-corrected chi connectivity index (χ0v) is 15.9. The summed E-state index contributed by atoms with van der Waals surface area (Å²) in [5, 5.41) is 3.23. The molecule has 0 heterocycles. The van der Waals surface area contributed by atoms with Gasteiger partial charge in [-0.1, -0.05) is 22.9 Å². The van der Waals surface area contributed by atoms with Gasteiger partial charge in [0, 0.05) is 30.7 Å². The predicted octanol–water partition coefficient (Wildman–Crippen LogP) is 4.32. The van der Waals surface area contributed by atoms with Gasteiger partial charge in [-0.2, -0.15) is 0 Å². The standard InChI is InChI=1S/C17H26BrFN2O2/c1-5-9-21(16(22)23-17(2,3)4)10-8-20-12-13-11-14(19)6-7-15(13)18/h6-7,11,20H,5,8-10,12H2,1-4H3. The first-order chi connectivity index (χ1) is 10.7. The smallest absolute Gasteiger partial charge is 0.410 e. The summed E-state index contributed by atoms with van der Waals surface area (Å²) in [5.41, 5.74) is 0.354. The van der Waals surface area contributed by atoms with E-state index in [0.717, 1.165) is 16.5 Å². The minimum absolute atomic E-state index is 0.258. The molecule has 0 atom stereocenters. The Hall–Kier alpha value is -1.14. The summed E-state index contributed by atoms with van der Waals surface area (Å²) in [7, 11) is 0. The number of nitrogens with zero attached hydrogens (tertiary/aromatic N) is 1. The van der Waals surface area contributed by atoms with Crippen LogP contribution < -0.4 is 5.32 Å². The second-order valence-corrected chi connectivity index (χ2v) is 7.23. The van der Waals surface area contributed by atoms with Gasteiger partial charge >= 0.3 is 6.09 Å². The number of carbonyl (C=O) groups excluding carboxylic acids is 1. The predicted molar refractivity (Wildman–Crippen MR) is 93.9 cm³/mol. The molecule has 23 heavy (non-hydrogen) atoms. The summed E-state index contributed by atoms with van der Waals surface area (Å²) >= 11 is 3.40. The fourth-order valence-corrected chi connectivity index (χ4v) is 2.39. The van der Waals surface area contributed by atoms with Crippen LogP contribution in [0.25, 0.3) is 0 Å². The Kier molecular flexibility index (Phi) is 7.99. The van der Waals surface area contributed by atoms with Gasteiger partial charge in [0.25, 0.3) is 0 Å². The second-order valence-electron chi connectivity index (χ2n) is 6.38. The van der Waals surface area contributed by atoms with Crippen LogP contribution in [0.15, 0.2) is 22.7 Å². The molecule has 4 nitrogen and oxygen atoms in total. The number of halogens is 2. The van der Waals surface area contributed by atoms with Crippen LogP contribution in [0.1, 0.15) is 39.7 Å². The van der Waals surface area contributed by atoms with Crippen molar-refractivity contribution in [2.24, 2.45) is 0 Å². The average Bonchev–Trinajstić information content (AvgIpc) is 2.43. The zero-order chi connectivity index (χ0) is 17.5. The number of rotatable bonds is 7. The molecule has 1 rings (SSSR count). The molecule has 0 saturated carbocycles. The molecule has 1 amide bonds. The summed E-state index contributed by atoms with van der Waals surface area (Å²) in [6, 6.07) is 4.60. The summed E-state index contributed by atoms with van der Waals surface area (Å²) in [5.74, 6) is -0.258. The molecule has 0 aliphatic carbocycles. The van der Waals surface area contributed by atoms with Gasteiger partial charge in [-0.05, 0) is 51.0 Å². The van der Waals surface area contributed by atoms with Crippen LogP contribution in [-0.4, -0.2) is 36.2 Å². The largest absolute Gasteiger partial charge is 0.444 e. The van der Waals surface area contributed by atoms with Crippen LogP contribution in [-0.2, 0) is 11.3 Å². The highest BCUT2D eigenvalue weighted by molar-refractivity contribution is 9.10. The van der Waals surface area contributed by atoms with E-state index in [1.807, 2.05) is 27.7 Å².